The molecule has 1 saturated heterocycles. The number of rotatable bonds is 0. The van der Waals surface area contributed by atoms with Crippen molar-refractivity contribution < 1.29 is 5.11 Å². The molecule has 1 heterocycles. The third kappa shape index (κ3) is 3.45. The molecule has 5 atom stereocenters. The normalized spacial score (nSPS) is 45.5. The Morgan fingerprint density at radius 3 is 2.35 bits per heavy atom. The molecule has 1 aliphatic carbocycles. The third-order valence-electron chi connectivity index (χ3n) is 4.76. The van der Waals surface area contributed by atoms with Crippen molar-refractivity contribution in [1.29, 1.82) is 0 Å². The summed E-state index contributed by atoms with van der Waals surface area (Å²) in [6.07, 6.45) is 8.06. The molecule has 4 unspecified atom stereocenters. The second-order valence-corrected chi connectivity index (χ2v) is 6.67. The van der Waals surface area contributed by atoms with Crippen LogP contribution in [-0.2, 0) is 0 Å². The van der Waals surface area contributed by atoms with Crippen LogP contribution in [0.15, 0.2) is 0 Å². The van der Waals surface area contributed by atoms with Gasteiger partial charge in [0, 0.05) is 18.5 Å². The smallest absolute Gasteiger partial charge is 0.0743 e. The first-order chi connectivity index (χ1) is 8.09. The zero-order valence-corrected chi connectivity index (χ0v) is 11.7. The van der Waals surface area contributed by atoms with Gasteiger partial charge in [0.25, 0.3) is 0 Å². The summed E-state index contributed by atoms with van der Waals surface area (Å²) in [4.78, 5) is 2.41. The fourth-order valence-corrected chi connectivity index (χ4v) is 3.65. The Labute approximate surface area is 106 Å². The van der Waals surface area contributed by atoms with Crippen molar-refractivity contribution in [3.63, 3.8) is 0 Å². The van der Waals surface area contributed by atoms with Crippen LogP contribution in [0.5, 0.6) is 0 Å². The lowest BCUT2D eigenvalue weighted by atomic mass is 9.94. The molecule has 0 aromatic carbocycles. The van der Waals surface area contributed by atoms with E-state index in [9.17, 15) is 5.11 Å². The maximum atomic E-state index is 10.0. The van der Waals surface area contributed by atoms with Crippen molar-refractivity contribution >= 4 is 0 Å². The molecule has 1 N–H and O–H groups in total. The van der Waals surface area contributed by atoms with Crippen LogP contribution in [0.25, 0.3) is 0 Å². The minimum atomic E-state index is -0.0459. The number of hydrogen-bond donors (Lipinski definition) is 1. The summed E-state index contributed by atoms with van der Waals surface area (Å²) in [5.41, 5.74) is 0. The summed E-state index contributed by atoms with van der Waals surface area (Å²) < 4.78 is 0. The topological polar surface area (TPSA) is 23.5 Å². The second-order valence-electron chi connectivity index (χ2n) is 6.67. The molecule has 100 valence electrons. The summed E-state index contributed by atoms with van der Waals surface area (Å²) in [5.74, 6) is 2.14. The van der Waals surface area contributed by atoms with Crippen LogP contribution in [0.3, 0.4) is 0 Å². The van der Waals surface area contributed by atoms with E-state index in [-0.39, 0.29) is 6.10 Å². The zero-order chi connectivity index (χ0) is 12.4. The molecular weight excluding hydrogens is 210 g/mol. The molecule has 0 aromatic rings. The van der Waals surface area contributed by atoms with E-state index in [2.05, 4.69) is 25.8 Å². The Balaban J connectivity index is 1.92. The summed E-state index contributed by atoms with van der Waals surface area (Å²) in [6.45, 7) is 5.87. The number of likely N-dealkylation sites (N-methyl/N-ethyl adjacent to an activating group) is 1. The van der Waals surface area contributed by atoms with E-state index < -0.39 is 0 Å². The Kier molecular flexibility index (Phi) is 4.48. The molecule has 17 heavy (non-hydrogen) atoms. The Morgan fingerprint density at radius 2 is 1.65 bits per heavy atom. The summed E-state index contributed by atoms with van der Waals surface area (Å²) >= 11 is 0. The minimum Gasteiger partial charge on any atom is -0.391 e. The first kappa shape index (κ1) is 13.4. The van der Waals surface area contributed by atoms with Crippen molar-refractivity contribution in [3.8, 4) is 0 Å². The van der Waals surface area contributed by atoms with Crippen LogP contribution in [-0.4, -0.2) is 35.7 Å². The fourth-order valence-electron chi connectivity index (χ4n) is 3.65. The molecule has 0 aromatic heterocycles. The second kappa shape index (κ2) is 5.71. The average Bonchev–Trinajstić information content (AvgIpc) is 2.86. The third-order valence-corrected chi connectivity index (χ3v) is 4.76. The van der Waals surface area contributed by atoms with Crippen molar-refractivity contribution in [2.75, 3.05) is 13.6 Å². The van der Waals surface area contributed by atoms with E-state index in [1.165, 1.54) is 38.5 Å². The van der Waals surface area contributed by atoms with Crippen molar-refractivity contribution in [2.24, 2.45) is 17.8 Å². The van der Waals surface area contributed by atoms with Crippen LogP contribution in [0, 0.1) is 17.8 Å². The number of aliphatic hydroxyl groups is 1. The molecule has 2 nitrogen and oxygen atoms in total. The predicted octanol–water partition coefficient (Wildman–Crippen LogP) is 2.90. The van der Waals surface area contributed by atoms with Gasteiger partial charge < -0.3 is 10.0 Å². The van der Waals surface area contributed by atoms with Gasteiger partial charge in [0.2, 0.25) is 0 Å². The monoisotopic (exact) mass is 239 g/mol. The maximum absolute atomic E-state index is 10.0. The number of fused-ring (bicyclic) bond motifs is 1. The zero-order valence-electron chi connectivity index (χ0n) is 11.7. The quantitative estimate of drug-likeness (QED) is 0.702. The molecule has 2 fully saturated rings. The molecule has 0 amide bonds. The van der Waals surface area contributed by atoms with E-state index in [0.29, 0.717) is 12.0 Å². The van der Waals surface area contributed by atoms with Gasteiger partial charge in [-0.1, -0.05) is 39.5 Å². The molecule has 1 aliphatic heterocycles. The van der Waals surface area contributed by atoms with Crippen LogP contribution in [0.2, 0.25) is 0 Å². The van der Waals surface area contributed by atoms with E-state index in [4.69, 9.17) is 0 Å². The molecule has 2 aliphatic rings. The Hall–Kier alpha value is -0.0800. The lowest BCUT2D eigenvalue weighted by Crippen LogP contribution is -2.29. The van der Waals surface area contributed by atoms with Crippen LogP contribution < -0.4 is 0 Å². The standard InChI is InChI=1S/C15H29NO/c1-11-7-5-4-6-8-12(2)10-16(3)14-13(9-11)15(14)17/h11-15,17H,4-10H2,1-3H3/t11?,12-,13?,14?,15?/m1/s1. The van der Waals surface area contributed by atoms with Gasteiger partial charge in [-0.05, 0) is 31.7 Å². The average molecular weight is 239 g/mol. The number of aliphatic hydroxyl groups excluding tert-OH is 1. The summed E-state index contributed by atoms with van der Waals surface area (Å²) in [7, 11) is 2.20. The van der Waals surface area contributed by atoms with Gasteiger partial charge in [-0.25, -0.2) is 0 Å². The highest BCUT2D eigenvalue weighted by Crippen LogP contribution is 2.41. The molecule has 0 bridgehead atoms. The highest BCUT2D eigenvalue weighted by Gasteiger charge is 2.51. The highest BCUT2D eigenvalue weighted by molar-refractivity contribution is 5.04. The van der Waals surface area contributed by atoms with Crippen LogP contribution >= 0.6 is 0 Å². The van der Waals surface area contributed by atoms with Crippen molar-refractivity contribution in [3.05, 3.63) is 0 Å². The lowest BCUT2D eigenvalue weighted by molar-refractivity contribution is 0.196. The lowest BCUT2D eigenvalue weighted by Gasteiger charge is -2.23. The largest absolute Gasteiger partial charge is 0.391 e. The summed E-state index contributed by atoms with van der Waals surface area (Å²) in [5, 5.41) is 10.0. The van der Waals surface area contributed by atoms with E-state index in [1.807, 2.05) is 0 Å². The maximum Gasteiger partial charge on any atom is 0.0743 e. The van der Waals surface area contributed by atoms with Crippen molar-refractivity contribution in [1.82, 2.24) is 4.90 Å². The fraction of sp³-hybridized carbons (Fsp3) is 1.00. The minimum absolute atomic E-state index is 0.0459. The Morgan fingerprint density at radius 1 is 1.00 bits per heavy atom. The molecule has 2 heteroatoms. The number of hydrogen-bond acceptors (Lipinski definition) is 2. The summed E-state index contributed by atoms with van der Waals surface area (Å²) in [6, 6.07) is 0.458. The van der Waals surface area contributed by atoms with E-state index in [0.717, 1.165) is 18.4 Å². The number of nitrogens with zero attached hydrogens (tertiary/aromatic N) is 1. The highest BCUT2D eigenvalue weighted by atomic mass is 16.3. The molecule has 1 saturated carbocycles. The van der Waals surface area contributed by atoms with Gasteiger partial charge in [-0.3, -0.25) is 0 Å². The first-order valence-corrected chi connectivity index (χ1v) is 7.48. The predicted molar refractivity (Wildman–Crippen MR) is 71.9 cm³/mol. The van der Waals surface area contributed by atoms with Gasteiger partial charge in [-0.15, -0.1) is 0 Å². The van der Waals surface area contributed by atoms with Gasteiger partial charge in [-0.2, -0.15) is 0 Å². The van der Waals surface area contributed by atoms with E-state index in [1.54, 1.807) is 0 Å². The molecule has 0 radical (unpaired) electrons. The van der Waals surface area contributed by atoms with Crippen LogP contribution in [0.4, 0.5) is 0 Å². The van der Waals surface area contributed by atoms with Crippen molar-refractivity contribution in [2.45, 2.75) is 64.5 Å². The van der Waals surface area contributed by atoms with Gasteiger partial charge in [0.15, 0.2) is 0 Å². The van der Waals surface area contributed by atoms with E-state index >= 15 is 0 Å². The van der Waals surface area contributed by atoms with Crippen LogP contribution in [0.1, 0.15) is 52.4 Å². The van der Waals surface area contributed by atoms with Gasteiger partial charge in [0.1, 0.15) is 0 Å². The Bertz CT molecular complexity index is 227. The molecular formula is C15H29NO. The first-order valence-electron chi connectivity index (χ1n) is 7.48. The van der Waals surface area contributed by atoms with Gasteiger partial charge in [0.05, 0.1) is 6.10 Å². The molecule has 0 spiro atoms. The SMILES string of the molecule is CC1CCCCC[C@@H](C)CN(C)C2C(O)C2C1. The molecule has 2 rings (SSSR count). The van der Waals surface area contributed by atoms with Gasteiger partial charge >= 0.3 is 0 Å².